The van der Waals surface area contributed by atoms with Crippen LogP contribution in [0.1, 0.15) is 45.1 Å². The lowest BCUT2D eigenvalue weighted by Crippen LogP contribution is -2.50. The van der Waals surface area contributed by atoms with Gasteiger partial charge in [0.05, 0.1) is 4.90 Å². The van der Waals surface area contributed by atoms with Crippen LogP contribution in [0.25, 0.3) is 0 Å². The Balaban J connectivity index is 2.09. The van der Waals surface area contributed by atoms with E-state index in [4.69, 9.17) is 0 Å². The van der Waals surface area contributed by atoms with Gasteiger partial charge in [0.15, 0.2) is 0 Å². The molecule has 1 heterocycles. The van der Waals surface area contributed by atoms with Crippen LogP contribution < -0.4 is 0 Å². The molecule has 1 atom stereocenters. The van der Waals surface area contributed by atoms with E-state index in [0.717, 1.165) is 12.0 Å². The van der Waals surface area contributed by atoms with Crippen LogP contribution in [0.2, 0.25) is 0 Å². The maximum atomic E-state index is 12.7. The van der Waals surface area contributed by atoms with Crippen LogP contribution in [0.4, 0.5) is 0 Å². The smallest absolute Gasteiger partial charge is 0.243 e. The Labute approximate surface area is 139 Å². The number of benzene rings is 1. The van der Waals surface area contributed by atoms with Crippen molar-refractivity contribution in [3.05, 3.63) is 29.8 Å². The number of sulfonamides is 1. The third kappa shape index (κ3) is 3.93. The molecule has 23 heavy (non-hydrogen) atoms. The Morgan fingerprint density at radius 2 is 1.65 bits per heavy atom. The molecule has 1 amide bonds. The first-order valence-electron chi connectivity index (χ1n) is 8.28. The van der Waals surface area contributed by atoms with Crippen LogP contribution in [0.15, 0.2) is 29.2 Å². The van der Waals surface area contributed by atoms with Gasteiger partial charge in [-0.15, -0.1) is 0 Å². The summed E-state index contributed by atoms with van der Waals surface area (Å²) in [7, 11) is -3.47. The molecule has 0 radical (unpaired) electrons. The lowest BCUT2D eigenvalue weighted by molar-refractivity contribution is -0.132. The Hall–Kier alpha value is -1.40. The van der Waals surface area contributed by atoms with E-state index in [1.807, 2.05) is 19.1 Å². The average molecular weight is 338 g/mol. The zero-order chi connectivity index (χ0) is 17.0. The first-order chi connectivity index (χ1) is 10.9. The van der Waals surface area contributed by atoms with E-state index in [1.165, 1.54) is 4.31 Å². The minimum atomic E-state index is -3.47. The maximum absolute atomic E-state index is 12.7. The number of hydrogen-bond donors (Lipinski definition) is 0. The quantitative estimate of drug-likeness (QED) is 0.828. The summed E-state index contributed by atoms with van der Waals surface area (Å²) in [4.78, 5) is 13.7. The second-order valence-electron chi connectivity index (χ2n) is 6.02. The number of carbonyl (C=O) groups is 1. The van der Waals surface area contributed by atoms with Crippen molar-refractivity contribution in [1.82, 2.24) is 9.21 Å². The molecular weight excluding hydrogens is 312 g/mol. The van der Waals surface area contributed by atoms with Crippen LogP contribution in [0.5, 0.6) is 0 Å². The fraction of sp³-hybridized carbons (Fsp3) is 0.588. The number of piperazine rings is 1. The van der Waals surface area contributed by atoms with Gasteiger partial charge < -0.3 is 4.90 Å². The van der Waals surface area contributed by atoms with Crippen LogP contribution in [-0.4, -0.2) is 49.7 Å². The van der Waals surface area contributed by atoms with E-state index in [9.17, 15) is 13.2 Å². The molecule has 0 bridgehead atoms. The molecule has 1 saturated heterocycles. The molecular formula is C17H26N2O3S. The Morgan fingerprint density at radius 1 is 1.09 bits per heavy atom. The van der Waals surface area contributed by atoms with Crippen molar-refractivity contribution in [3.63, 3.8) is 0 Å². The molecule has 5 nitrogen and oxygen atoms in total. The molecule has 2 rings (SSSR count). The van der Waals surface area contributed by atoms with Gasteiger partial charge in [-0.05, 0) is 30.0 Å². The molecule has 0 saturated carbocycles. The van der Waals surface area contributed by atoms with Crippen LogP contribution in [0.3, 0.4) is 0 Å². The summed E-state index contributed by atoms with van der Waals surface area (Å²) in [5, 5.41) is 0. The van der Waals surface area contributed by atoms with Gasteiger partial charge in [0.25, 0.3) is 0 Å². The summed E-state index contributed by atoms with van der Waals surface area (Å²) in [5.74, 6) is 0.510. The molecule has 0 unspecified atom stereocenters. The van der Waals surface area contributed by atoms with Crippen molar-refractivity contribution < 1.29 is 13.2 Å². The van der Waals surface area contributed by atoms with Gasteiger partial charge in [-0.1, -0.05) is 32.9 Å². The van der Waals surface area contributed by atoms with E-state index < -0.39 is 10.0 Å². The van der Waals surface area contributed by atoms with Gasteiger partial charge in [-0.2, -0.15) is 4.31 Å². The highest BCUT2D eigenvalue weighted by Crippen LogP contribution is 2.23. The van der Waals surface area contributed by atoms with E-state index in [2.05, 4.69) is 13.8 Å². The molecule has 1 aliphatic rings. The van der Waals surface area contributed by atoms with Gasteiger partial charge in [0.1, 0.15) is 0 Å². The summed E-state index contributed by atoms with van der Waals surface area (Å²) >= 11 is 0. The normalized spacial score (nSPS) is 18.0. The zero-order valence-electron chi connectivity index (χ0n) is 14.2. The molecule has 128 valence electrons. The fourth-order valence-electron chi connectivity index (χ4n) is 2.75. The summed E-state index contributed by atoms with van der Waals surface area (Å²) in [6.07, 6.45) is 1.49. The molecule has 0 N–H and O–H groups in total. The van der Waals surface area contributed by atoms with Gasteiger partial charge >= 0.3 is 0 Å². The van der Waals surface area contributed by atoms with E-state index in [0.29, 0.717) is 43.4 Å². The predicted molar refractivity (Wildman–Crippen MR) is 90.8 cm³/mol. The predicted octanol–water partition coefficient (Wildman–Crippen LogP) is 2.44. The van der Waals surface area contributed by atoms with Gasteiger partial charge in [-0.25, -0.2) is 8.42 Å². The Bertz CT molecular complexity index is 632. The Morgan fingerprint density at radius 3 is 2.13 bits per heavy atom. The summed E-state index contributed by atoms with van der Waals surface area (Å²) in [6, 6.07) is 7.19. The summed E-state index contributed by atoms with van der Waals surface area (Å²) < 4.78 is 26.9. The lowest BCUT2D eigenvalue weighted by atomic mass is 9.99. The largest absolute Gasteiger partial charge is 0.340 e. The topological polar surface area (TPSA) is 57.7 Å². The SMILES string of the molecule is CCC(=O)N1CCN(S(=O)(=O)c2ccc([C@@H](C)CC)cc2)CC1. The number of nitrogens with zero attached hydrogens (tertiary/aromatic N) is 2. The second kappa shape index (κ2) is 7.45. The monoisotopic (exact) mass is 338 g/mol. The van der Waals surface area contributed by atoms with E-state index >= 15 is 0 Å². The first kappa shape index (κ1) is 17.9. The fourth-order valence-corrected chi connectivity index (χ4v) is 4.18. The molecule has 6 heteroatoms. The highest BCUT2D eigenvalue weighted by molar-refractivity contribution is 7.89. The minimum Gasteiger partial charge on any atom is -0.340 e. The standard InChI is InChI=1S/C17H26N2O3S/c1-4-14(3)15-6-8-16(9-7-15)23(21,22)19-12-10-18(11-13-19)17(20)5-2/h6-9,14H,4-5,10-13H2,1-3H3/t14-/m0/s1. The molecule has 1 aromatic carbocycles. The molecule has 1 aliphatic heterocycles. The van der Waals surface area contributed by atoms with Crippen molar-refractivity contribution in [2.24, 2.45) is 0 Å². The van der Waals surface area contributed by atoms with Crippen molar-refractivity contribution in [2.45, 2.75) is 44.4 Å². The number of carbonyl (C=O) groups excluding carboxylic acids is 1. The van der Waals surface area contributed by atoms with E-state index in [1.54, 1.807) is 17.0 Å². The number of hydrogen-bond acceptors (Lipinski definition) is 3. The second-order valence-corrected chi connectivity index (χ2v) is 7.95. The lowest BCUT2D eigenvalue weighted by Gasteiger charge is -2.34. The Kier molecular flexibility index (Phi) is 5.81. The molecule has 1 fully saturated rings. The minimum absolute atomic E-state index is 0.0833. The van der Waals surface area contributed by atoms with E-state index in [-0.39, 0.29) is 5.91 Å². The molecule has 0 spiro atoms. The van der Waals surface area contributed by atoms with Crippen molar-refractivity contribution in [1.29, 1.82) is 0 Å². The highest BCUT2D eigenvalue weighted by Gasteiger charge is 2.29. The van der Waals surface area contributed by atoms with Crippen LogP contribution >= 0.6 is 0 Å². The van der Waals surface area contributed by atoms with Crippen molar-refractivity contribution in [2.75, 3.05) is 26.2 Å². The molecule has 1 aromatic rings. The zero-order valence-corrected chi connectivity index (χ0v) is 15.0. The third-order valence-corrected chi connectivity index (χ3v) is 6.51. The maximum Gasteiger partial charge on any atom is 0.243 e. The molecule has 0 aliphatic carbocycles. The summed E-state index contributed by atoms with van der Waals surface area (Å²) in [6.45, 7) is 7.74. The first-order valence-corrected chi connectivity index (χ1v) is 9.72. The number of rotatable bonds is 5. The summed E-state index contributed by atoms with van der Waals surface area (Å²) in [5.41, 5.74) is 1.16. The van der Waals surface area contributed by atoms with Crippen molar-refractivity contribution in [3.8, 4) is 0 Å². The molecule has 0 aromatic heterocycles. The van der Waals surface area contributed by atoms with Crippen molar-refractivity contribution >= 4 is 15.9 Å². The number of amides is 1. The van der Waals surface area contributed by atoms with Crippen LogP contribution in [-0.2, 0) is 14.8 Å². The average Bonchev–Trinajstić information content (AvgIpc) is 2.60. The van der Waals surface area contributed by atoms with Gasteiger partial charge in [0.2, 0.25) is 15.9 Å². The van der Waals surface area contributed by atoms with Crippen LogP contribution in [0, 0.1) is 0 Å². The highest BCUT2D eigenvalue weighted by atomic mass is 32.2. The van der Waals surface area contributed by atoms with Gasteiger partial charge in [-0.3, -0.25) is 4.79 Å². The third-order valence-electron chi connectivity index (χ3n) is 4.59. The van der Waals surface area contributed by atoms with Gasteiger partial charge in [0, 0.05) is 32.6 Å².